The number of benzene rings is 1. The highest BCUT2D eigenvalue weighted by atomic mass is 32.2. The van der Waals surface area contributed by atoms with Crippen molar-refractivity contribution in [2.45, 2.75) is 24.3 Å². The number of aliphatic carboxylic acids is 1. The maximum Gasteiger partial charge on any atom is 0.315 e. The van der Waals surface area contributed by atoms with Crippen molar-refractivity contribution in [2.24, 2.45) is 5.92 Å². The number of hydrogen-bond acceptors (Lipinski definition) is 6. The van der Waals surface area contributed by atoms with E-state index < -0.39 is 23.7 Å². The highest BCUT2D eigenvalue weighted by Crippen LogP contribution is 2.36. The lowest BCUT2D eigenvalue weighted by Gasteiger charge is -2.31. The molecule has 1 saturated heterocycles. The summed E-state index contributed by atoms with van der Waals surface area (Å²) in [5.74, 6) is -1.04. The average Bonchev–Trinajstić information content (AvgIpc) is 3.30. The van der Waals surface area contributed by atoms with Gasteiger partial charge in [-0.1, -0.05) is 18.2 Å². The summed E-state index contributed by atoms with van der Waals surface area (Å²) in [7, 11) is 0. The van der Waals surface area contributed by atoms with Crippen LogP contribution in [0.1, 0.15) is 24.1 Å². The molecule has 0 atom stereocenters. The van der Waals surface area contributed by atoms with Crippen molar-refractivity contribution < 1.29 is 19.5 Å². The third kappa shape index (κ3) is 3.49. The summed E-state index contributed by atoms with van der Waals surface area (Å²) in [6.07, 6.45) is 0.602. The Bertz CT molecular complexity index is 920. The molecule has 2 aromatic rings. The molecule has 3 heterocycles. The van der Waals surface area contributed by atoms with E-state index in [0.29, 0.717) is 18.7 Å². The quantitative estimate of drug-likeness (QED) is 0.755. The number of para-hydroxylation sites is 1. The number of carbonyl (C=O) groups excluding carboxylic acids is 3. The molecular formula is C19H19N4O4S-. The minimum atomic E-state index is -1.10. The van der Waals surface area contributed by atoms with Crippen LogP contribution in [0, 0.1) is 5.92 Å². The number of nitrogens with zero attached hydrogens (tertiary/aromatic N) is 3. The minimum Gasteiger partial charge on any atom is -0.550 e. The molecule has 1 N–H and O–H groups in total. The number of anilines is 1. The van der Waals surface area contributed by atoms with E-state index in [4.69, 9.17) is 0 Å². The van der Waals surface area contributed by atoms with E-state index in [-0.39, 0.29) is 13.1 Å². The van der Waals surface area contributed by atoms with Gasteiger partial charge in [-0.15, -0.1) is 0 Å². The third-order valence-electron chi connectivity index (χ3n) is 5.09. The zero-order chi connectivity index (χ0) is 19.7. The van der Waals surface area contributed by atoms with Gasteiger partial charge >= 0.3 is 11.8 Å². The fourth-order valence-corrected chi connectivity index (χ4v) is 4.56. The lowest BCUT2D eigenvalue weighted by atomic mass is 9.97. The Balaban J connectivity index is 1.52. The van der Waals surface area contributed by atoms with Crippen LogP contribution in [-0.4, -0.2) is 45.6 Å². The molecule has 0 spiro atoms. The van der Waals surface area contributed by atoms with Crippen molar-refractivity contribution >= 4 is 35.4 Å². The fraction of sp³-hybridized carbons (Fsp3) is 0.368. The molecule has 0 saturated carbocycles. The van der Waals surface area contributed by atoms with E-state index in [9.17, 15) is 19.5 Å². The van der Waals surface area contributed by atoms with Crippen molar-refractivity contribution in [3.63, 3.8) is 0 Å². The highest BCUT2D eigenvalue weighted by molar-refractivity contribution is 7.98. The standard InChI is InChI=1S/C19H20N4O4S/c24-17(18(25)22-8-6-12(7-9-22)19(26)27)20-16-14-10-28-11-15(14)21-23(16)13-4-2-1-3-5-13/h1-5,12H,6-11H2,(H,20,24)(H,26,27)/p-1. The maximum atomic E-state index is 12.6. The Morgan fingerprint density at radius 1 is 1.11 bits per heavy atom. The molecule has 1 aromatic heterocycles. The third-order valence-corrected chi connectivity index (χ3v) is 6.06. The van der Waals surface area contributed by atoms with E-state index in [0.717, 1.165) is 28.5 Å². The predicted octanol–water partition coefficient (Wildman–Crippen LogP) is 0.546. The molecule has 28 heavy (non-hydrogen) atoms. The van der Waals surface area contributed by atoms with Crippen molar-refractivity contribution in [3.05, 3.63) is 41.6 Å². The van der Waals surface area contributed by atoms with Crippen LogP contribution in [0.25, 0.3) is 5.69 Å². The number of likely N-dealkylation sites (tertiary alicyclic amines) is 1. The molecule has 9 heteroatoms. The zero-order valence-corrected chi connectivity index (χ0v) is 15.9. The van der Waals surface area contributed by atoms with Crippen LogP contribution in [-0.2, 0) is 25.9 Å². The van der Waals surface area contributed by atoms with Gasteiger partial charge in [0.05, 0.1) is 11.4 Å². The molecule has 0 bridgehead atoms. The number of fused-ring (bicyclic) bond motifs is 1. The maximum absolute atomic E-state index is 12.6. The van der Waals surface area contributed by atoms with Crippen LogP contribution in [0.5, 0.6) is 0 Å². The predicted molar refractivity (Wildman–Crippen MR) is 102 cm³/mol. The summed E-state index contributed by atoms with van der Waals surface area (Å²) >= 11 is 1.71. The van der Waals surface area contributed by atoms with Crippen molar-refractivity contribution in [1.82, 2.24) is 14.7 Å². The van der Waals surface area contributed by atoms with Gasteiger partial charge in [-0.05, 0) is 25.0 Å². The first-order valence-electron chi connectivity index (χ1n) is 9.09. The Morgan fingerprint density at radius 3 is 2.50 bits per heavy atom. The van der Waals surface area contributed by atoms with Gasteiger partial charge in [-0.2, -0.15) is 16.9 Å². The number of nitrogens with one attached hydrogen (secondary N) is 1. The van der Waals surface area contributed by atoms with Crippen molar-refractivity contribution in [3.8, 4) is 5.69 Å². The first-order chi connectivity index (χ1) is 13.5. The summed E-state index contributed by atoms with van der Waals surface area (Å²) in [5, 5.41) is 18.3. The molecule has 2 amide bonds. The molecule has 0 radical (unpaired) electrons. The second kappa shape index (κ2) is 7.67. The van der Waals surface area contributed by atoms with Crippen molar-refractivity contribution in [1.29, 1.82) is 0 Å². The molecule has 2 aliphatic rings. The summed E-state index contributed by atoms with van der Waals surface area (Å²) in [4.78, 5) is 37.5. The smallest absolute Gasteiger partial charge is 0.315 e. The molecule has 0 aliphatic carbocycles. The Kier molecular flexibility index (Phi) is 5.08. The molecular weight excluding hydrogens is 380 g/mol. The number of aromatic nitrogens is 2. The Labute approximate surface area is 165 Å². The number of carboxylic acids is 1. The van der Waals surface area contributed by atoms with Crippen LogP contribution >= 0.6 is 11.8 Å². The van der Waals surface area contributed by atoms with Gasteiger partial charge in [0, 0.05) is 42.0 Å². The van der Waals surface area contributed by atoms with Crippen LogP contribution < -0.4 is 10.4 Å². The number of amides is 2. The van der Waals surface area contributed by atoms with Gasteiger partial charge in [-0.3, -0.25) is 9.59 Å². The normalized spacial score (nSPS) is 16.6. The molecule has 4 rings (SSSR count). The number of carbonyl (C=O) groups is 3. The molecule has 2 aliphatic heterocycles. The SMILES string of the molecule is O=C(Nc1c2c(nn1-c1ccccc1)CSC2)C(=O)N1CCC(C(=O)[O-])CC1. The van der Waals surface area contributed by atoms with E-state index in [1.807, 2.05) is 30.3 Å². The lowest BCUT2D eigenvalue weighted by Crippen LogP contribution is -2.47. The fourth-order valence-electron chi connectivity index (χ4n) is 3.52. The van der Waals surface area contributed by atoms with Crippen molar-refractivity contribution in [2.75, 3.05) is 18.4 Å². The van der Waals surface area contributed by atoms with Gasteiger partial charge < -0.3 is 20.1 Å². The van der Waals surface area contributed by atoms with E-state index in [1.165, 1.54) is 4.90 Å². The second-order valence-electron chi connectivity index (χ2n) is 6.85. The molecule has 1 aromatic carbocycles. The topological polar surface area (TPSA) is 107 Å². The summed E-state index contributed by atoms with van der Waals surface area (Å²) in [6.45, 7) is 0.466. The number of piperidine rings is 1. The number of rotatable bonds is 3. The van der Waals surface area contributed by atoms with Gasteiger partial charge in [0.15, 0.2) is 0 Å². The largest absolute Gasteiger partial charge is 0.550 e. The molecule has 1 fully saturated rings. The van der Waals surface area contributed by atoms with Gasteiger partial charge in [0.2, 0.25) is 0 Å². The van der Waals surface area contributed by atoms with Crippen LogP contribution in [0.15, 0.2) is 30.3 Å². The van der Waals surface area contributed by atoms with Crippen LogP contribution in [0.4, 0.5) is 5.82 Å². The lowest BCUT2D eigenvalue weighted by molar-refractivity contribution is -0.312. The van der Waals surface area contributed by atoms with Gasteiger partial charge in [-0.25, -0.2) is 4.68 Å². The molecule has 8 nitrogen and oxygen atoms in total. The number of hydrogen-bond donors (Lipinski definition) is 1. The number of carboxylic acid groups (broad SMARTS) is 1. The summed E-state index contributed by atoms with van der Waals surface area (Å²) < 4.78 is 1.66. The van der Waals surface area contributed by atoms with Crippen LogP contribution in [0.3, 0.4) is 0 Å². The van der Waals surface area contributed by atoms with E-state index in [1.54, 1.807) is 16.4 Å². The van der Waals surface area contributed by atoms with Crippen LogP contribution in [0.2, 0.25) is 0 Å². The van der Waals surface area contributed by atoms with Gasteiger partial charge in [0.1, 0.15) is 5.82 Å². The second-order valence-corrected chi connectivity index (χ2v) is 7.84. The minimum absolute atomic E-state index is 0.233. The Hall–Kier alpha value is -2.81. The highest BCUT2D eigenvalue weighted by Gasteiger charge is 2.30. The van der Waals surface area contributed by atoms with Gasteiger partial charge in [0.25, 0.3) is 0 Å². The van der Waals surface area contributed by atoms with E-state index in [2.05, 4.69) is 10.4 Å². The number of thioether (sulfide) groups is 1. The molecule has 146 valence electrons. The first kappa shape index (κ1) is 18.5. The monoisotopic (exact) mass is 399 g/mol. The zero-order valence-electron chi connectivity index (χ0n) is 15.1. The van der Waals surface area contributed by atoms with E-state index >= 15 is 0 Å². The first-order valence-corrected chi connectivity index (χ1v) is 10.2. The summed E-state index contributed by atoms with van der Waals surface area (Å²) in [6, 6.07) is 9.44. The Morgan fingerprint density at radius 2 is 1.82 bits per heavy atom. The summed E-state index contributed by atoms with van der Waals surface area (Å²) in [5.41, 5.74) is 2.65. The molecule has 0 unspecified atom stereocenters. The average molecular weight is 399 g/mol.